The average molecular weight is 262 g/mol. The van der Waals surface area contributed by atoms with Crippen molar-refractivity contribution in [1.29, 1.82) is 0 Å². The highest BCUT2D eigenvalue weighted by molar-refractivity contribution is 7.99. The molecule has 1 aromatic carbocycles. The second-order valence-electron chi connectivity index (χ2n) is 3.68. The van der Waals surface area contributed by atoms with Gasteiger partial charge in [-0.2, -0.15) is 0 Å². The van der Waals surface area contributed by atoms with Gasteiger partial charge >= 0.3 is 0 Å². The Morgan fingerprint density at radius 3 is 2.67 bits per heavy atom. The number of carbonyl (C=O) groups excluding carboxylic acids is 1. The lowest BCUT2D eigenvalue weighted by atomic mass is 10.1. The number of hydrogen-bond acceptors (Lipinski definition) is 4. The summed E-state index contributed by atoms with van der Waals surface area (Å²) in [6.07, 6.45) is 3.41. The molecular weight excluding hydrogens is 251 g/mol. The van der Waals surface area contributed by atoms with Crippen molar-refractivity contribution in [3.05, 3.63) is 54.2 Å². The topological polar surface area (TPSA) is 42.9 Å². The van der Waals surface area contributed by atoms with E-state index in [2.05, 4.69) is 9.97 Å². The van der Waals surface area contributed by atoms with Gasteiger partial charge in [-0.25, -0.2) is 14.4 Å². The first-order chi connectivity index (χ1) is 8.74. The number of carbonyl (C=O) groups is 1. The molecule has 0 radical (unpaired) electrons. The van der Waals surface area contributed by atoms with Gasteiger partial charge in [0, 0.05) is 12.6 Å². The maximum absolute atomic E-state index is 12.7. The van der Waals surface area contributed by atoms with Gasteiger partial charge in [0.1, 0.15) is 17.9 Å². The van der Waals surface area contributed by atoms with Crippen LogP contribution in [-0.2, 0) is 11.2 Å². The molecule has 3 nitrogen and oxygen atoms in total. The Morgan fingerprint density at radius 1 is 1.22 bits per heavy atom. The molecule has 0 saturated carbocycles. The Morgan fingerprint density at radius 2 is 2.00 bits per heavy atom. The molecule has 0 bridgehead atoms. The van der Waals surface area contributed by atoms with E-state index in [4.69, 9.17) is 0 Å². The van der Waals surface area contributed by atoms with Crippen molar-refractivity contribution in [2.75, 3.05) is 5.75 Å². The third kappa shape index (κ3) is 3.92. The van der Waals surface area contributed by atoms with Gasteiger partial charge in [-0.15, -0.1) is 0 Å². The van der Waals surface area contributed by atoms with Crippen LogP contribution >= 0.6 is 11.8 Å². The third-order valence-electron chi connectivity index (χ3n) is 2.25. The van der Waals surface area contributed by atoms with Crippen molar-refractivity contribution in [3.63, 3.8) is 0 Å². The van der Waals surface area contributed by atoms with Crippen LogP contribution in [0.15, 0.2) is 47.9 Å². The maximum atomic E-state index is 12.7. The molecule has 0 saturated heterocycles. The average Bonchev–Trinajstić information content (AvgIpc) is 2.40. The second-order valence-corrected chi connectivity index (χ2v) is 4.67. The number of nitrogens with zero attached hydrogens (tertiary/aromatic N) is 2. The molecule has 0 unspecified atom stereocenters. The minimum Gasteiger partial charge on any atom is -0.298 e. The SMILES string of the molecule is O=C(CSc1ccncn1)Cc1ccc(F)cc1. The smallest absolute Gasteiger partial charge is 0.147 e. The summed E-state index contributed by atoms with van der Waals surface area (Å²) in [5, 5.41) is 0.775. The highest BCUT2D eigenvalue weighted by Gasteiger charge is 2.05. The van der Waals surface area contributed by atoms with Crippen LogP contribution in [0, 0.1) is 5.82 Å². The van der Waals surface area contributed by atoms with Crippen LogP contribution in [0.1, 0.15) is 5.56 Å². The molecule has 0 aliphatic heterocycles. The molecule has 0 fully saturated rings. The Kier molecular flexibility index (Phi) is 4.41. The Labute approximate surface area is 108 Å². The van der Waals surface area contributed by atoms with Crippen molar-refractivity contribution in [2.45, 2.75) is 11.4 Å². The molecule has 2 rings (SSSR count). The zero-order valence-electron chi connectivity index (χ0n) is 9.54. The third-order valence-corrected chi connectivity index (χ3v) is 3.25. The van der Waals surface area contributed by atoms with Gasteiger partial charge in [0.2, 0.25) is 0 Å². The number of rotatable bonds is 5. The summed E-state index contributed by atoms with van der Waals surface area (Å²) in [6.45, 7) is 0. The molecule has 2 aromatic rings. The van der Waals surface area contributed by atoms with E-state index in [-0.39, 0.29) is 11.6 Å². The summed E-state index contributed by atoms with van der Waals surface area (Å²) in [4.78, 5) is 19.5. The van der Waals surface area contributed by atoms with Crippen LogP contribution in [0.5, 0.6) is 0 Å². The Balaban J connectivity index is 1.84. The lowest BCUT2D eigenvalue weighted by molar-refractivity contribution is -0.116. The zero-order chi connectivity index (χ0) is 12.8. The molecule has 0 spiro atoms. The minimum absolute atomic E-state index is 0.0882. The van der Waals surface area contributed by atoms with Crippen molar-refractivity contribution >= 4 is 17.5 Å². The standard InChI is InChI=1S/C13H11FN2OS/c14-11-3-1-10(2-4-11)7-12(17)8-18-13-5-6-15-9-16-13/h1-6,9H,7-8H2. The first-order valence-electron chi connectivity index (χ1n) is 5.39. The monoisotopic (exact) mass is 262 g/mol. The summed E-state index contributed by atoms with van der Waals surface area (Å²) >= 11 is 1.38. The lowest BCUT2D eigenvalue weighted by Crippen LogP contribution is -2.05. The van der Waals surface area contributed by atoms with Crippen LogP contribution in [0.25, 0.3) is 0 Å². The van der Waals surface area contributed by atoms with Gasteiger partial charge in [-0.1, -0.05) is 23.9 Å². The lowest BCUT2D eigenvalue weighted by Gasteiger charge is -2.01. The van der Waals surface area contributed by atoms with Crippen LogP contribution in [-0.4, -0.2) is 21.5 Å². The summed E-state index contributed by atoms with van der Waals surface area (Å²) in [5.41, 5.74) is 0.824. The van der Waals surface area contributed by atoms with E-state index in [0.29, 0.717) is 12.2 Å². The van der Waals surface area contributed by atoms with Crippen LogP contribution in [0.3, 0.4) is 0 Å². The number of Topliss-reactive ketones (excluding diaryl/α,β-unsaturated/α-hetero) is 1. The summed E-state index contributed by atoms with van der Waals surface area (Å²) in [7, 11) is 0. The number of thioether (sulfide) groups is 1. The van der Waals surface area contributed by atoms with Crippen molar-refractivity contribution in [2.24, 2.45) is 0 Å². The summed E-state index contributed by atoms with van der Waals surface area (Å²) in [5.74, 6) is 0.153. The maximum Gasteiger partial charge on any atom is 0.147 e. The predicted octanol–water partition coefficient (Wildman–Crippen LogP) is 2.52. The predicted molar refractivity (Wildman–Crippen MR) is 67.9 cm³/mol. The van der Waals surface area contributed by atoms with E-state index >= 15 is 0 Å². The van der Waals surface area contributed by atoms with Crippen LogP contribution in [0.4, 0.5) is 4.39 Å². The summed E-state index contributed by atoms with van der Waals surface area (Å²) in [6, 6.07) is 7.74. The molecule has 0 N–H and O–H groups in total. The molecule has 1 heterocycles. The van der Waals surface area contributed by atoms with Crippen LogP contribution in [0.2, 0.25) is 0 Å². The van der Waals surface area contributed by atoms with E-state index in [1.807, 2.05) is 0 Å². The van der Waals surface area contributed by atoms with Crippen molar-refractivity contribution < 1.29 is 9.18 Å². The zero-order valence-corrected chi connectivity index (χ0v) is 10.4. The highest BCUT2D eigenvalue weighted by Crippen LogP contribution is 2.14. The van der Waals surface area contributed by atoms with Gasteiger partial charge in [0.15, 0.2) is 0 Å². The van der Waals surface area contributed by atoms with E-state index in [1.165, 1.54) is 30.2 Å². The largest absolute Gasteiger partial charge is 0.298 e. The molecule has 0 atom stereocenters. The Bertz CT molecular complexity index is 516. The molecule has 0 aliphatic rings. The number of benzene rings is 1. The molecule has 18 heavy (non-hydrogen) atoms. The van der Waals surface area contributed by atoms with E-state index in [0.717, 1.165) is 10.6 Å². The fourth-order valence-electron chi connectivity index (χ4n) is 1.40. The fourth-order valence-corrected chi connectivity index (χ4v) is 2.09. The van der Waals surface area contributed by atoms with Gasteiger partial charge in [-0.05, 0) is 23.8 Å². The normalized spacial score (nSPS) is 10.3. The van der Waals surface area contributed by atoms with Gasteiger partial charge in [0.05, 0.1) is 10.8 Å². The van der Waals surface area contributed by atoms with E-state index in [9.17, 15) is 9.18 Å². The second kappa shape index (κ2) is 6.26. The minimum atomic E-state index is -0.290. The number of ketones is 1. The quantitative estimate of drug-likeness (QED) is 0.613. The van der Waals surface area contributed by atoms with Crippen LogP contribution < -0.4 is 0 Å². The van der Waals surface area contributed by atoms with E-state index in [1.54, 1.807) is 24.4 Å². The van der Waals surface area contributed by atoms with Gasteiger partial charge in [0.25, 0.3) is 0 Å². The van der Waals surface area contributed by atoms with Crippen molar-refractivity contribution in [3.8, 4) is 0 Å². The Hall–Kier alpha value is -1.75. The number of halogens is 1. The number of hydrogen-bond donors (Lipinski definition) is 0. The van der Waals surface area contributed by atoms with E-state index < -0.39 is 0 Å². The highest BCUT2D eigenvalue weighted by atomic mass is 32.2. The van der Waals surface area contributed by atoms with Gasteiger partial charge < -0.3 is 0 Å². The molecule has 0 aliphatic carbocycles. The first-order valence-corrected chi connectivity index (χ1v) is 6.37. The first kappa shape index (κ1) is 12.7. The molecule has 0 amide bonds. The molecular formula is C13H11FN2OS. The number of aromatic nitrogens is 2. The molecule has 92 valence electrons. The van der Waals surface area contributed by atoms with Crippen molar-refractivity contribution in [1.82, 2.24) is 9.97 Å². The molecule has 1 aromatic heterocycles. The molecule has 5 heteroatoms. The van der Waals surface area contributed by atoms with Gasteiger partial charge in [-0.3, -0.25) is 4.79 Å². The fraction of sp³-hybridized carbons (Fsp3) is 0.154. The summed E-state index contributed by atoms with van der Waals surface area (Å²) < 4.78 is 12.7.